The van der Waals surface area contributed by atoms with Crippen LogP contribution in [0.15, 0.2) is 23.0 Å². The average molecular weight is 431 g/mol. The molecule has 0 unspecified atom stereocenters. The number of aryl methyl sites for hydroxylation is 1. The highest BCUT2D eigenvalue weighted by molar-refractivity contribution is 5.85. The molecule has 5 nitrogen and oxygen atoms in total. The van der Waals surface area contributed by atoms with Gasteiger partial charge in [0.05, 0.1) is 5.69 Å². The van der Waals surface area contributed by atoms with Gasteiger partial charge in [-0.25, -0.2) is 9.07 Å². The Kier molecular flexibility index (Phi) is 8.92. The summed E-state index contributed by atoms with van der Waals surface area (Å²) in [7, 11) is 0. The van der Waals surface area contributed by atoms with E-state index in [4.69, 9.17) is 0 Å². The summed E-state index contributed by atoms with van der Waals surface area (Å²) in [5, 5.41) is 7.97. The minimum Gasteiger partial charge on any atom is -0.364 e. The van der Waals surface area contributed by atoms with Crippen LogP contribution in [-0.2, 0) is 6.54 Å². The minimum absolute atomic E-state index is 0. The number of nitrogens with one attached hydrogen (secondary N) is 1. The van der Waals surface area contributed by atoms with E-state index in [9.17, 15) is 9.18 Å². The molecule has 0 amide bonds. The number of aromatic nitrogens is 2. The van der Waals surface area contributed by atoms with E-state index in [0.29, 0.717) is 18.0 Å². The third kappa shape index (κ3) is 5.04. The number of rotatable bonds is 4. The third-order valence-corrected chi connectivity index (χ3v) is 4.77. The van der Waals surface area contributed by atoms with Gasteiger partial charge in [-0.3, -0.25) is 4.79 Å². The van der Waals surface area contributed by atoms with Crippen molar-refractivity contribution in [3.63, 3.8) is 0 Å². The molecule has 1 aliphatic heterocycles. The molecule has 0 radical (unpaired) electrons. The Morgan fingerprint density at radius 2 is 1.82 bits per heavy atom. The van der Waals surface area contributed by atoms with Crippen LogP contribution in [0.25, 0.3) is 11.3 Å². The van der Waals surface area contributed by atoms with Gasteiger partial charge in [0.1, 0.15) is 11.5 Å². The Balaban J connectivity index is 0.00000196. The van der Waals surface area contributed by atoms with E-state index < -0.39 is 0 Å². The number of hydrogen-bond acceptors (Lipinski definition) is 4. The summed E-state index contributed by atoms with van der Waals surface area (Å²) in [5.74, 6) is 0.0748. The zero-order valence-electron chi connectivity index (χ0n) is 16.8. The predicted octanol–water partition coefficient (Wildman–Crippen LogP) is 3.58. The number of anilines is 1. The zero-order valence-corrected chi connectivity index (χ0v) is 18.4. The van der Waals surface area contributed by atoms with Gasteiger partial charge in [0.2, 0.25) is 0 Å². The lowest BCUT2D eigenvalue weighted by molar-refractivity contribution is 0.462. The van der Waals surface area contributed by atoms with Crippen molar-refractivity contribution < 1.29 is 4.39 Å². The summed E-state index contributed by atoms with van der Waals surface area (Å²) in [6.45, 7) is 11.7. The highest BCUT2D eigenvalue weighted by Crippen LogP contribution is 2.28. The quantitative estimate of drug-likeness (QED) is 0.804. The standard InChI is InChI=1S/C20H27FN4O.2ClH/c1-13(2)12-25-20(26)19(24-9-7-22-8-10-24)15(4)18(23-25)16-5-6-17(21)14(3)11-16;;/h5-6,11,13,22H,7-10,12H2,1-4H3;2*1H. The third-order valence-electron chi connectivity index (χ3n) is 4.77. The molecule has 156 valence electrons. The number of hydrogen-bond donors (Lipinski definition) is 1. The minimum atomic E-state index is -0.232. The van der Waals surface area contributed by atoms with Gasteiger partial charge < -0.3 is 10.2 Å². The first kappa shape index (κ1) is 24.4. The second kappa shape index (κ2) is 10.2. The second-order valence-corrected chi connectivity index (χ2v) is 7.40. The molecule has 8 heteroatoms. The lowest BCUT2D eigenvalue weighted by atomic mass is 10.0. The van der Waals surface area contributed by atoms with Gasteiger partial charge in [0.25, 0.3) is 5.56 Å². The second-order valence-electron chi connectivity index (χ2n) is 7.40. The molecule has 1 N–H and O–H groups in total. The Morgan fingerprint density at radius 3 is 2.39 bits per heavy atom. The van der Waals surface area contributed by atoms with Crippen molar-refractivity contribution in [1.29, 1.82) is 0 Å². The van der Waals surface area contributed by atoms with Gasteiger partial charge in [-0.1, -0.05) is 13.8 Å². The van der Waals surface area contributed by atoms with E-state index in [0.717, 1.165) is 48.7 Å². The number of piperazine rings is 1. The van der Waals surface area contributed by atoms with Crippen molar-refractivity contribution in [3.8, 4) is 11.3 Å². The molecule has 0 spiro atoms. The SMILES string of the molecule is Cc1cc(-c2nn(CC(C)C)c(=O)c(N3CCNCC3)c2C)ccc1F.Cl.Cl. The first-order valence-corrected chi connectivity index (χ1v) is 9.22. The van der Waals surface area contributed by atoms with Crippen LogP contribution in [0.2, 0.25) is 0 Å². The first-order valence-electron chi connectivity index (χ1n) is 9.22. The summed E-state index contributed by atoms with van der Waals surface area (Å²) in [4.78, 5) is 15.3. The monoisotopic (exact) mass is 430 g/mol. The largest absolute Gasteiger partial charge is 0.364 e. The average Bonchev–Trinajstić information content (AvgIpc) is 2.61. The molecule has 1 saturated heterocycles. The van der Waals surface area contributed by atoms with Gasteiger partial charge >= 0.3 is 0 Å². The Morgan fingerprint density at radius 1 is 1.18 bits per heavy atom. The maximum atomic E-state index is 13.7. The van der Waals surface area contributed by atoms with Gasteiger partial charge in [0.15, 0.2) is 0 Å². The van der Waals surface area contributed by atoms with Crippen molar-refractivity contribution in [2.24, 2.45) is 5.92 Å². The molecular weight excluding hydrogens is 402 g/mol. The fourth-order valence-electron chi connectivity index (χ4n) is 3.43. The number of benzene rings is 1. The molecule has 0 bridgehead atoms. The number of nitrogens with zero attached hydrogens (tertiary/aromatic N) is 3. The molecular formula is C20H29Cl2FN4O. The zero-order chi connectivity index (χ0) is 18.8. The van der Waals surface area contributed by atoms with Crippen LogP contribution in [0, 0.1) is 25.6 Å². The molecule has 1 fully saturated rings. The van der Waals surface area contributed by atoms with Crippen molar-refractivity contribution in [2.45, 2.75) is 34.2 Å². The van der Waals surface area contributed by atoms with Crippen LogP contribution in [0.1, 0.15) is 25.0 Å². The van der Waals surface area contributed by atoms with Crippen molar-refractivity contribution in [1.82, 2.24) is 15.1 Å². The molecule has 1 aromatic heterocycles. The molecule has 3 rings (SSSR count). The molecule has 28 heavy (non-hydrogen) atoms. The lowest BCUT2D eigenvalue weighted by Gasteiger charge is -2.31. The Labute approximate surface area is 178 Å². The van der Waals surface area contributed by atoms with E-state index in [1.54, 1.807) is 23.7 Å². The maximum absolute atomic E-state index is 13.7. The predicted molar refractivity (Wildman–Crippen MR) is 118 cm³/mol. The van der Waals surface area contributed by atoms with Gasteiger partial charge in [-0.15, -0.1) is 24.8 Å². The molecule has 0 aliphatic carbocycles. The van der Waals surface area contributed by atoms with Gasteiger partial charge in [-0.05, 0) is 43.5 Å². The topological polar surface area (TPSA) is 50.2 Å². The molecule has 0 atom stereocenters. The molecule has 1 aliphatic rings. The van der Waals surface area contributed by atoms with Crippen LogP contribution >= 0.6 is 24.8 Å². The van der Waals surface area contributed by atoms with Crippen LogP contribution in [-0.4, -0.2) is 36.0 Å². The van der Waals surface area contributed by atoms with Crippen molar-refractivity contribution >= 4 is 30.5 Å². The van der Waals surface area contributed by atoms with E-state index in [1.807, 2.05) is 6.92 Å². The summed E-state index contributed by atoms with van der Waals surface area (Å²) in [6.07, 6.45) is 0. The Hall–Kier alpha value is -1.63. The Bertz CT molecular complexity index is 864. The highest BCUT2D eigenvalue weighted by atomic mass is 35.5. The summed E-state index contributed by atoms with van der Waals surface area (Å²) >= 11 is 0. The summed E-state index contributed by atoms with van der Waals surface area (Å²) < 4.78 is 15.3. The fraction of sp³-hybridized carbons (Fsp3) is 0.500. The molecule has 0 saturated carbocycles. The highest BCUT2D eigenvalue weighted by Gasteiger charge is 2.22. The normalized spacial score (nSPS) is 13.9. The smallest absolute Gasteiger partial charge is 0.290 e. The van der Waals surface area contributed by atoms with Gasteiger partial charge in [-0.2, -0.15) is 5.10 Å². The number of halogens is 3. The van der Waals surface area contributed by atoms with Crippen molar-refractivity contribution in [3.05, 3.63) is 45.5 Å². The molecule has 1 aromatic carbocycles. The molecule has 2 heterocycles. The van der Waals surface area contributed by atoms with Crippen LogP contribution in [0.3, 0.4) is 0 Å². The summed E-state index contributed by atoms with van der Waals surface area (Å²) in [5.41, 5.74) is 3.72. The van der Waals surface area contributed by atoms with E-state index in [-0.39, 0.29) is 36.2 Å². The van der Waals surface area contributed by atoms with Crippen LogP contribution in [0.5, 0.6) is 0 Å². The first-order chi connectivity index (χ1) is 12.4. The fourth-order valence-corrected chi connectivity index (χ4v) is 3.43. The lowest BCUT2D eigenvalue weighted by Crippen LogP contribution is -2.47. The molecule has 2 aromatic rings. The van der Waals surface area contributed by atoms with E-state index in [2.05, 4.69) is 29.2 Å². The van der Waals surface area contributed by atoms with Crippen LogP contribution < -0.4 is 15.8 Å². The maximum Gasteiger partial charge on any atom is 0.290 e. The van der Waals surface area contributed by atoms with E-state index >= 15 is 0 Å². The van der Waals surface area contributed by atoms with E-state index in [1.165, 1.54) is 6.07 Å². The van der Waals surface area contributed by atoms with Crippen LogP contribution in [0.4, 0.5) is 10.1 Å². The van der Waals surface area contributed by atoms with Crippen molar-refractivity contribution in [2.75, 3.05) is 31.1 Å². The summed E-state index contributed by atoms with van der Waals surface area (Å²) in [6, 6.07) is 5.01. The van der Waals surface area contributed by atoms with Gasteiger partial charge in [0, 0.05) is 43.9 Å².